The van der Waals surface area contributed by atoms with Crippen LogP contribution in [0.3, 0.4) is 0 Å². The molecular weight excluding hydrogens is 214 g/mol. The Morgan fingerprint density at radius 1 is 1.35 bits per heavy atom. The van der Waals surface area contributed by atoms with Crippen molar-refractivity contribution in [3.8, 4) is 11.5 Å². The highest BCUT2D eigenvalue weighted by Gasteiger charge is 2.24. The van der Waals surface area contributed by atoms with Gasteiger partial charge in [-0.3, -0.25) is 0 Å². The summed E-state index contributed by atoms with van der Waals surface area (Å²) in [7, 11) is 0. The quantitative estimate of drug-likeness (QED) is 0.867. The van der Waals surface area contributed by atoms with Crippen molar-refractivity contribution in [3.05, 3.63) is 23.8 Å². The number of fused-ring (bicyclic) bond motifs is 1. The highest BCUT2D eigenvalue weighted by Crippen LogP contribution is 2.35. The van der Waals surface area contributed by atoms with Gasteiger partial charge >= 0.3 is 0 Å². The molecule has 3 rings (SSSR count). The molecule has 0 saturated heterocycles. The monoisotopic (exact) mass is 233 g/mol. The Bertz CT molecular complexity index is 401. The van der Waals surface area contributed by atoms with Gasteiger partial charge in [0.15, 0.2) is 11.5 Å². The van der Waals surface area contributed by atoms with Crippen LogP contribution in [0.5, 0.6) is 11.5 Å². The molecule has 1 aliphatic carbocycles. The fraction of sp³-hybridized carbons (Fsp3) is 0.571. The summed E-state index contributed by atoms with van der Waals surface area (Å²) in [5.74, 6) is 2.66. The van der Waals surface area contributed by atoms with E-state index in [9.17, 15) is 0 Å². The second kappa shape index (κ2) is 4.57. The Balaban J connectivity index is 1.63. The minimum absolute atomic E-state index is 0.352. The predicted octanol–water partition coefficient (Wildman–Crippen LogP) is 2.69. The maximum absolute atomic E-state index is 5.50. The van der Waals surface area contributed by atoms with Gasteiger partial charge in [0.05, 0.1) is 0 Å². The smallest absolute Gasteiger partial charge is 0.231 e. The average molecular weight is 233 g/mol. The van der Waals surface area contributed by atoms with Crippen molar-refractivity contribution < 1.29 is 9.47 Å². The maximum atomic E-state index is 5.50. The van der Waals surface area contributed by atoms with E-state index < -0.39 is 0 Å². The largest absolute Gasteiger partial charge is 0.454 e. The molecule has 1 saturated carbocycles. The fourth-order valence-electron chi connectivity index (χ4n) is 2.51. The van der Waals surface area contributed by atoms with Crippen molar-refractivity contribution in [1.29, 1.82) is 0 Å². The predicted molar refractivity (Wildman–Crippen MR) is 66.2 cm³/mol. The minimum Gasteiger partial charge on any atom is -0.454 e. The van der Waals surface area contributed by atoms with E-state index in [4.69, 9.17) is 9.47 Å². The van der Waals surface area contributed by atoms with Crippen LogP contribution in [0.15, 0.2) is 18.2 Å². The molecule has 92 valence electrons. The van der Waals surface area contributed by atoms with Gasteiger partial charge in [-0.2, -0.15) is 0 Å². The summed E-state index contributed by atoms with van der Waals surface area (Å²) in [4.78, 5) is 0. The lowest BCUT2D eigenvalue weighted by molar-refractivity contribution is 0.173. The Hall–Kier alpha value is -1.22. The molecule has 0 aromatic heterocycles. The summed E-state index contributed by atoms with van der Waals surface area (Å²) >= 11 is 0. The summed E-state index contributed by atoms with van der Waals surface area (Å²) in [5.41, 5.74) is 1.20. The Morgan fingerprint density at radius 2 is 2.24 bits per heavy atom. The average Bonchev–Trinajstić information content (AvgIpc) is 2.72. The molecule has 1 aromatic rings. The molecular formula is C14H19NO2. The van der Waals surface area contributed by atoms with Gasteiger partial charge in [-0.15, -0.1) is 0 Å². The van der Waals surface area contributed by atoms with Crippen LogP contribution in [0.2, 0.25) is 0 Å². The summed E-state index contributed by atoms with van der Waals surface area (Å²) in [6.45, 7) is 3.50. The molecule has 1 N–H and O–H groups in total. The van der Waals surface area contributed by atoms with Crippen LogP contribution in [-0.2, 0) is 6.54 Å². The molecule has 1 heterocycles. The van der Waals surface area contributed by atoms with Gasteiger partial charge in [-0.25, -0.2) is 0 Å². The molecule has 1 fully saturated rings. The molecule has 0 amide bonds. The summed E-state index contributed by atoms with van der Waals surface area (Å²) in [5, 5.41) is 3.60. The van der Waals surface area contributed by atoms with Gasteiger partial charge in [0.1, 0.15) is 0 Å². The molecule has 0 radical (unpaired) electrons. The van der Waals surface area contributed by atoms with Crippen LogP contribution in [-0.4, -0.2) is 12.8 Å². The summed E-state index contributed by atoms with van der Waals surface area (Å²) < 4.78 is 10.9. The first kappa shape index (κ1) is 10.9. The van der Waals surface area contributed by atoms with Crippen molar-refractivity contribution in [2.75, 3.05) is 6.79 Å². The molecule has 1 atom stereocenters. The highest BCUT2D eigenvalue weighted by atomic mass is 16.7. The second-order valence-electron chi connectivity index (χ2n) is 5.01. The lowest BCUT2D eigenvalue weighted by Crippen LogP contribution is -2.36. The Labute approximate surface area is 102 Å². The van der Waals surface area contributed by atoms with Crippen molar-refractivity contribution >= 4 is 0 Å². The third-order valence-corrected chi connectivity index (χ3v) is 3.95. The van der Waals surface area contributed by atoms with E-state index in [0.717, 1.165) is 24.0 Å². The van der Waals surface area contributed by atoms with Gasteiger partial charge in [-0.05, 0) is 31.7 Å². The van der Waals surface area contributed by atoms with Crippen molar-refractivity contribution in [3.63, 3.8) is 0 Å². The third kappa shape index (κ3) is 2.12. The van der Waals surface area contributed by atoms with Crippen LogP contribution in [0.1, 0.15) is 31.7 Å². The third-order valence-electron chi connectivity index (χ3n) is 3.95. The molecule has 0 spiro atoms. The van der Waals surface area contributed by atoms with Crippen molar-refractivity contribution in [1.82, 2.24) is 5.32 Å². The second-order valence-corrected chi connectivity index (χ2v) is 5.01. The molecule has 3 nitrogen and oxygen atoms in total. The van der Waals surface area contributed by atoms with Crippen LogP contribution in [0.25, 0.3) is 0 Å². The summed E-state index contributed by atoms with van der Waals surface area (Å²) in [6, 6.07) is 6.69. The Morgan fingerprint density at radius 3 is 3.00 bits per heavy atom. The van der Waals surface area contributed by atoms with Gasteiger partial charge in [0, 0.05) is 18.2 Å². The SMILES string of the molecule is CC(NCc1cccc2c1OCO2)C1CCC1. The first-order chi connectivity index (χ1) is 8.34. The van der Waals surface area contributed by atoms with Gasteiger partial charge < -0.3 is 14.8 Å². The van der Waals surface area contributed by atoms with Crippen LogP contribution in [0, 0.1) is 5.92 Å². The molecule has 3 heteroatoms. The fourth-order valence-corrected chi connectivity index (χ4v) is 2.51. The first-order valence-electron chi connectivity index (χ1n) is 6.45. The van der Waals surface area contributed by atoms with Crippen LogP contribution in [0.4, 0.5) is 0 Å². The van der Waals surface area contributed by atoms with E-state index in [2.05, 4.69) is 18.3 Å². The molecule has 17 heavy (non-hydrogen) atoms. The number of para-hydroxylation sites is 1. The zero-order valence-electron chi connectivity index (χ0n) is 10.2. The minimum atomic E-state index is 0.352. The van der Waals surface area contributed by atoms with Crippen LogP contribution < -0.4 is 14.8 Å². The van der Waals surface area contributed by atoms with E-state index in [-0.39, 0.29) is 0 Å². The van der Waals surface area contributed by atoms with Crippen LogP contribution >= 0.6 is 0 Å². The zero-order valence-corrected chi connectivity index (χ0v) is 10.2. The topological polar surface area (TPSA) is 30.5 Å². The molecule has 0 bridgehead atoms. The normalized spacial score (nSPS) is 20.1. The maximum Gasteiger partial charge on any atom is 0.231 e. The molecule has 1 aliphatic heterocycles. The zero-order chi connectivity index (χ0) is 11.7. The number of ether oxygens (including phenoxy) is 2. The number of hydrogen-bond acceptors (Lipinski definition) is 3. The van der Waals surface area contributed by atoms with E-state index in [1.165, 1.54) is 24.8 Å². The summed E-state index contributed by atoms with van der Waals surface area (Å²) in [6.07, 6.45) is 4.15. The number of hydrogen-bond donors (Lipinski definition) is 1. The van der Waals surface area contributed by atoms with E-state index in [1.807, 2.05) is 12.1 Å². The Kier molecular flexibility index (Phi) is 2.93. The number of rotatable bonds is 4. The van der Waals surface area contributed by atoms with Gasteiger partial charge in [-0.1, -0.05) is 18.6 Å². The highest BCUT2D eigenvalue weighted by molar-refractivity contribution is 5.48. The number of benzene rings is 1. The van der Waals surface area contributed by atoms with Crippen molar-refractivity contribution in [2.24, 2.45) is 5.92 Å². The van der Waals surface area contributed by atoms with Gasteiger partial charge in [0.25, 0.3) is 0 Å². The van der Waals surface area contributed by atoms with Gasteiger partial charge in [0.2, 0.25) is 6.79 Å². The lowest BCUT2D eigenvalue weighted by Gasteiger charge is -2.32. The van der Waals surface area contributed by atoms with E-state index in [1.54, 1.807) is 0 Å². The lowest BCUT2D eigenvalue weighted by atomic mass is 9.80. The van der Waals surface area contributed by atoms with E-state index in [0.29, 0.717) is 12.8 Å². The molecule has 2 aliphatic rings. The molecule has 1 aromatic carbocycles. The van der Waals surface area contributed by atoms with Crippen molar-refractivity contribution in [2.45, 2.75) is 38.8 Å². The standard InChI is InChI=1S/C14H19NO2/c1-10(11-4-2-5-11)15-8-12-6-3-7-13-14(12)17-9-16-13/h3,6-7,10-11,15H,2,4-5,8-9H2,1H3. The van der Waals surface area contributed by atoms with E-state index >= 15 is 0 Å². The first-order valence-corrected chi connectivity index (χ1v) is 6.45. The molecule has 1 unspecified atom stereocenters. The number of nitrogens with one attached hydrogen (secondary N) is 1.